The molecule has 0 aliphatic heterocycles. The van der Waals surface area contributed by atoms with Crippen LogP contribution in [-0.2, 0) is 42.7 Å². The molecule has 0 aliphatic rings. The van der Waals surface area contributed by atoms with Crippen molar-refractivity contribution in [2.45, 2.75) is 105 Å². The minimum absolute atomic E-state index is 0. The van der Waals surface area contributed by atoms with Crippen LogP contribution in [0, 0.1) is 6.07 Å². The molecule has 1 N–H and O–H groups in total. The van der Waals surface area contributed by atoms with Crippen molar-refractivity contribution >= 4 is 27.8 Å². The maximum Gasteiger partial charge on any atom is 0.236 e. The van der Waals surface area contributed by atoms with Gasteiger partial charge in [0, 0.05) is 44.1 Å². The zero-order chi connectivity index (χ0) is 44.8. The Balaban J connectivity index is 0.00000560. The van der Waals surface area contributed by atoms with Crippen LogP contribution in [-0.4, -0.2) is 33.6 Å². The molecule has 0 saturated carbocycles. The number of ether oxygens (including phenoxy) is 1. The van der Waals surface area contributed by atoms with Crippen LogP contribution in [0.2, 0.25) is 0 Å². The van der Waals surface area contributed by atoms with E-state index in [4.69, 9.17) is 19.7 Å². The Labute approximate surface area is 391 Å². The van der Waals surface area contributed by atoms with Crippen LogP contribution >= 0.6 is 0 Å². The van der Waals surface area contributed by atoms with Crippen molar-refractivity contribution in [3.05, 3.63) is 150 Å². The Morgan fingerprint density at radius 2 is 1.27 bits per heavy atom. The van der Waals surface area contributed by atoms with Gasteiger partial charge in [-0.05, 0) is 97.4 Å². The Morgan fingerprint density at radius 1 is 0.609 bits per heavy atom. The number of hydrogen-bond donors (Lipinski definition) is 1. The molecule has 0 spiro atoms. The number of aromatic hydroxyl groups is 1. The number of pyridine rings is 1. The van der Waals surface area contributed by atoms with E-state index in [-0.39, 0.29) is 48.5 Å². The molecule has 4 aromatic heterocycles. The third-order valence-corrected chi connectivity index (χ3v) is 12.1. The second-order valence-electron chi connectivity index (χ2n) is 20.9. The SMILES string of the molecule is CC(C)(C)c1ccnc(-n2c3[c-]c(Oc4cn(-c5ccc(C(C)(C)C)cc5-c5ccccc5)c(-c5cc(C(C)(C)C)cc(C(C)(C)C)c5O)n4)ccc3n3c4ccccc4nc23)c1.[Pt]. The van der Waals surface area contributed by atoms with Gasteiger partial charge < -0.3 is 14.2 Å². The summed E-state index contributed by atoms with van der Waals surface area (Å²) in [5.41, 5.74) is 10.9. The van der Waals surface area contributed by atoms with E-state index in [2.05, 4.69) is 182 Å². The van der Waals surface area contributed by atoms with E-state index in [1.54, 1.807) is 0 Å². The summed E-state index contributed by atoms with van der Waals surface area (Å²) in [6.07, 6.45) is 3.79. The van der Waals surface area contributed by atoms with E-state index in [9.17, 15) is 5.11 Å². The van der Waals surface area contributed by atoms with Crippen molar-refractivity contribution in [2.75, 3.05) is 0 Å². The summed E-state index contributed by atoms with van der Waals surface area (Å²) in [5, 5.41) is 12.3. The molecule has 0 radical (unpaired) electrons. The zero-order valence-electron chi connectivity index (χ0n) is 38.9. The number of para-hydroxylation sites is 2. The van der Waals surface area contributed by atoms with Crippen molar-refractivity contribution in [3.8, 4) is 51.4 Å². The second-order valence-corrected chi connectivity index (χ2v) is 20.9. The quantitative estimate of drug-likeness (QED) is 0.168. The summed E-state index contributed by atoms with van der Waals surface area (Å²) >= 11 is 0. The Kier molecular flexibility index (Phi) is 11.1. The van der Waals surface area contributed by atoms with Crippen LogP contribution in [0.25, 0.3) is 61.9 Å². The predicted octanol–water partition coefficient (Wildman–Crippen LogP) is 13.8. The first kappa shape index (κ1) is 44.6. The maximum atomic E-state index is 12.3. The van der Waals surface area contributed by atoms with Crippen molar-refractivity contribution < 1.29 is 30.9 Å². The first-order chi connectivity index (χ1) is 29.7. The van der Waals surface area contributed by atoms with Gasteiger partial charge in [0.25, 0.3) is 0 Å². The standard InChI is InChI=1S/C55H57N6O2.Pt/c1-52(2,3)35-22-24-43(39(28-35)34-18-14-13-15-19-34)59-33-48(58-50(59)40-29-37(54(7,8)9)30-41(49(40)62)55(10,11)12)63-38-23-25-45-46(32-38)61(47-31-36(26-27-56-47)53(4,5)6)51-57-42-20-16-17-21-44(42)60(45)51;/h13-31,33,62H,1-12H3;/q-1;. The van der Waals surface area contributed by atoms with Gasteiger partial charge in [-0.25, -0.2) is 9.97 Å². The minimum atomic E-state index is -0.341. The summed E-state index contributed by atoms with van der Waals surface area (Å²) < 4.78 is 13.1. The van der Waals surface area contributed by atoms with Crippen molar-refractivity contribution in [3.63, 3.8) is 0 Å². The van der Waals surface area contributed by atoms with E-state index in [0.29, 0.717) is 23.0 Å². The molecule has 0 unspecified atom stereocenters. The molecule has 8 nitrogen and oxygen atoms in total. The normalized spacial score (nSPS) is 12.6. The van der Waals surface area contributed by atoms with Crippen LogP contribution in [0.3, 0.4) is 0 Å². The van der Waals surface area contributed by atoms with Crippen LogP contribution < -0.4 is 4.74 Å². The number of phenolic OH excluding ortho intramolecular Hbond substituents is 1. The molecule has 5 aromatic carbocycles. The smallest absolute Gasteiger partial charge is 0.236 e. The van der Waals surface area contributed by atoms with Crippen molar-refractivity contribution in [1.82, 2.24) is 28.5 Å². The van der Waals surface area contributed by atoms with Crippen LogP contribution in [0.1, 0.15) is 105 Å². The molecular formula is C55H57N6O2Pt-. The fourth-order valence-corrected chi connectivity index (χ4v) is 8.36. The number of aromatic nitrogens is 6. The molecule has 0 saturated heterocycles. The average Bonchev–Trinajstić information content (AvgIpc) is 3.90. The van der Waals surface area contributed by atoms with E-state index >= 15 is 0 Å². The monoisotopic (exact) mass is 1030 g/mol. The number of phenols is 1. The number of imidazole rings is 3. The Morgan fingerprint density at radius 3 is 1.95 bits per heavy atom. The molecule has 0 fully saturated rings. The number of benzene rings is 5. The summed E-state index contributed by atoms with van der Waals surface area (Å²) in [6.45, 7) is 26.3. The van der Waals surface area contributed by atoms with Crippen molar-refractivity contribution in [1.29, 1.82) is 0 Å². The molecule has 9 rings (SSSR count). The van der Waals surface area contributed by atoms with Gasteiger partial charge in [0.15, 0.2) is 5.82 Å². The van der Waals surface area contributed by atoms with Crippen LogP contribution in [0.4, 0.5) is 0 Å². The molecule has 9 aromatic rings. The predicted molar refractivity (Wildman–Crippen MR) is 257 cm³/mol. The second kappa shape index (κ2) is 15.9. The minimum Gasteiger partial charge on any atom is -0.507 e. The molecule has 330 valence electrons. The third kappa shape index (κ3) is 8.06. The number of hydrogen-bond acceptors (Lipinski definition) is 5. The first-order valence-corrected chi connectivity index (χ1v) is 21.8. The van der Waals surface area contributed by atoms with Gasteiger partial charge in [-0.3, -0.25) is 9.13 Å². The summed E-state index contributed by atoms with van der Waals surface area (Å²) in [6, 6.07) is 41.3. The van der Waals surface area contributed by atoms with E-state index in [0.717, 1.165) is 67.2 Å². The Hall–Kier alpha value is -5.98. The number of fused-ring (bicyclic) bond motifs is 5. The van der Waals surface area contributed by atoms with Gasteiger partial charge in [0.2, 0.25) is 11.7 Å². The molecule has 64 heavy (non-hydrogen) atoms. The molecule has 9 heteroatoms. The summed E-state index contributed by atoms with van der Waals surface area (Å²) in [4.78, 5) is 15.3. The molecule has 4 heterocycles. The van der Waals surface area contributed by atoms with E-state index in [1.165, 1.54) is 5.56 Å². The van der Waals surface area contributed by atoms with Gasteiger partial charge in [-0.1, -0.05) is 138 Å². The van der Waals surface area contributed by atoms with Gasteiger partial charge in [-0.2, -0.15) is 4.98 Å². The van der Waals surface area contributed by atoms with Crippen LogP contribution in [0.5, 0.6) is 17.4 Å². The molecule has 0 amide bonds. The Bertz CT molecular complexity index is 3200. The summed E-state index contributed by atoms with van der Waals surface area (Å²) in [7, 11) is 0. The van der Waals surface area contributed by atoms with E-state index in [1.807, 2.05) is 42.7 Å². The first-order valence-electron chi connectivity index (χ1n) is 21.8. The largest absolute Gasteiger partial charge is 0.507 e. The average molecular weight is 1030 g/mol. The topological polar surface area (TPSA) is 82.4 Å². The van der Waals surface area contributed by atoms with Gasteiger partial charge in [0.1, 0.15) is 11.6 Å². The third-order valence-electron chi connectivity index (χ3n) is 12.1. The van der Waals surface area contributed by atoms with E-state index < -0.39 is 0 Å². The van der Waals surface area contributed by atoms with Crippen molar-refractivity contribution in [2.24, 2.45) is 0 Å². The van der Waals surface area contributed by atoms with Gasteiger partial charge >= 0.3 is 0 Å². The zero-order valence-corrected chi connectivity index (χ0v) is 41.2. The van der Waals surface area contributed by atoms with Gasteiger partial charge in [-0.15, -0.1) is 18.2 Å². The van der Waals surface area contributed by atoms with Gasteiger partial charge in [0.05, 0.1) is 28.5 Å². The fourth-order valence-electron chi connectivity index (χ4n) is 8.36. The maximum absolute atomic E-state index is 12.3. The number of rotatable bonds is 6. The molecule has 0 bridgehead atoms. The number of nitrogens with zero attached hydrogens (tertiary/aromatic N) is 6. The molecular weight excluding hydrogens is 972 g/mol. The van der Waals surface area contributed by atoms with Crippen LogP contribution in [0.15, 0.2) is 122 Å². The summed E-state index contributed by atoms with van der Waals surface area (Å²) in [5.74, 6) is 3.09. The molecule has 0 atom stereocenters. The molecule has 0 aliphatic carbocycles. The fraction of sp³-hybridized carbons (Fsp3) is 0.291.